The number of nitrogens with two attached hydrogens (primary N) is 1. The number of nitrogens with zero attached hydrogens (tertiary/aromatic N) is 1. The van der Waals surface area contributed by atoms with Crippen LogP contribution in [-0.2, 0) is 5.54 Å². The SMILES string of the molecule is NC1(c2ccn[nH]2)CCC(O)CC1. The highest BCUT2D eigenvalue weighted by Gasteiger charge is 2.33. The summed E-state index contributed by atoms with van der Waals surface area (Å²) in [6.07, 6.45) is 4.78. The summed E-state index contributed by atoms with van der Waals surface area (Å²) in [6.45, 7) is 0. The van der Waals surface area contributed by atoms with E-state index < -0.39 is 0 Å². The molecule has 0 radical (unpaired) electrons. The predicted octanol–water partition coefficient (Wildman–Crippen LogP) is 0.499. The van der Waals surface area contributed by atoms with Gasteiger partial charge in [0.2, 0.25) is 0 Å². The van der Waals surface area contributed by atoms with Gasteiger partial charge in [0.05, 0.1) is 17.3 Å². The van der Waals surface area contributed by atoms with Crippen LogP contribution in [-0.4, -0.2) is 21.4 Å². The smallest absolute Gasteiger partial charge is 0.0579 e. The molecule has 0 aliphatic heterocycles. The van der Waals surface area contributed by atoms with E-state index >= 15 is 0 Å². The summed E-state index contributed by atoms with van der Waals surface area (Å²) in [5.41, 5.74) is 6.89. The van der Waals surface area contributed by atoms with Crippen molar-refractivity contribution in [2.24, 2.45) is 5.73 Å². The summed E-state index contributed by atoms with van der Waals surface area (Å²) in [4.78, 5) is 0. The molecule has 1 aromatic rings. The minimum atomic E-state index is -0.296. The Morgan fingerprint density at radius 1 is 1.54 bits per heavy atom. The second kappa shape index (κ2) is 3.12. The molecule has 0 amide bonds. The summed E-state index contributed by atoms with van der Waals surface area (Å²) < 4.78 is 0. The van der Waals surface area contributed by atoms with E-state index in [4.69, 9.17) is 5.73 Å². The summed E-state index contributed by atoms with van der Waals surface area (Å²) in [5.74, 6) is 0. The van der Waals surface area contributed by atoms with Gasteiger partial charge in [0, 0.05) is 6.20 Å². The van der Waals surface area contributed by atoms with E-state index in [0.29, 0.717) is 0 Å². The monoisotopic (exact) mass is 181 g/mol. The highest BCUT2D eigenvalue weighted by atomic mass is 16.3. The van der Waals surface area contributed by atoms with Crippen molar-refractivity contribution < 1.29 is 5.11 Å². The first-order valence-electron chi connectivity index (χ1n) is 4.67. The van der Waals surface area contributed by atoms with E-state index in [2.05, 4.69) is 10.2 Å². The number of aromatic nitrogens is 2. The van der Waals surface area contributed by atoms with E-state index in [0.717, 1.165) is 31.4 Å². The van der Waals surface area contributed by atoms with E-state index in [-0.39, 0.29) is 11.6 Å². The Morgan fingerprint density at radius 2 is 2.23 bits per heavy atom. The molecule has 0 saturated heterocycles. The maximum Gasteiger partial charge on any atom is 0.0579 e. The van der Waals surface area contributed by atoms with Gasteiger partial charge in [0.1, 0.15) is 0 Å². The van der Waals surface area contributed by atoms with Crippen LogP contribution in [0.5, 0.6) is 0 Å². The molecule has 13 heavy (non-hydrogen) atoms. The zero-order valence-electron chi connectivity index (χ0n) is 7.53. The van der Waals surface area contributed by atoms with Gasteiger partial charge in [-0.1, -0.05) is 0 Å². The minimum Gasteiger partial charge on any atom is -0.393 e. The Bertz CT molecular complexity index is 262. The molecule has 4 N–H and O–H groups in total. The van der Waals surface area contributed by atoms with Crippen LogP contribution in [0.2, 0.25) is 0 Å². The highest BCUT2D eigenvalue weighted by molar-refractivity contribution is 5.13. The van der Waals surface area contributed by atoms with Crippen LogP contribution in [0.3, 0.4) is 0 Å². The van der Waals surface area contributed by atoms with Crippen LogP contribution in [0.15, 0.2) is 12.3 Å². The van der Waals surface area contributed by atoms with E-state index in [1.807, 2.05) is 6.07 Å². The third-order valence-electron chi connectivity index (χ3n) is 2.88. The van der Waals surface area contributed by atoms with Gasteiger partial charge in [0.15, 0.2) is 0 Å². The molecular formula is C9H15N3O. The maximum absolute atomic E-state index is 9.36. The molecule has 1 aromatic heterocycles. The van der Waals surface area contributed by atoms with Crippen molar-refractivity contribution in [3.63, 3.8) is 0 Å². The second-order valence-corrected chi connectivity index (χ2v) is 3.86. The van der Waals surface area contributed by atoms with Gasteiger partial charge >= 0.3 is 0 Å². The molecule has 1 aliphatic carbocycles. The van der Waals surface area contributed by atoms with Gasteiger partial charge in [-0.05, 0) is 31.7 Å². The van der Waals surface area contributed by atoms with Crippen LogP contribution in [0.25, 0.3) is 0 Å². The number of aliphatic hydroxyl groups is 1. The summed E-state index contributed by atoms with van der Waals surface area (Å²) in [5, 5.41) is 16.2. The van der Waals surface area contributed by atoms with Crippen molar-refractivity contribution in [3.8, 4) is 0 Å². The van der Waals surface area contributed by atoms with Gasteiger partial charge in [0.25, 0.3) is 0 Å². The molecule has 1 aliphatic rings. The topological polar surface area (TPSA) is 74.9 Å². The zero-order valence-corrected chi connectivity index (χ0v) is 7.53. The van der Waals surface area contributed by atoms with Crippen molar-refractivity contribution in [2.75, 3.05) is 0 Å². The first-order chi connectivity index (χ1) is 6.21. The number of aliphatic hydroxyl groups excluding tert-OH is 1. The molecular weight excluding hydrogens is 166 g/mol. The first kappa shape index (κ1) is 8.72. The molecule has 0 spiro atoms. The molecule has 1 fully saturated rings. The van der Waals surface area contributed by atoms with Crippen molar-refractivity contribution >= 4 is 0 Å². The van der Waals surface area contributed by atoms with Crippen LogP contribution < -0.4 is 5.73 Å². The summed E-state index contributed by atoms with van der Waals surface area (Å²) in [6, 6.07) is 1.91. The Kier molecular flexibility index (Phi) is 2.09. The third kappa shape index (κ3) is 1.59. The number of rotatable bonds is 1. The Morgan fingerprint density at radius 3 is 2.77 bits per heavy atom. The van der Waals surface area contributed by atoms with Gasteiger partial charge in [-0.25, -0.2) is 0 Å². The lowest BCUT2D eigenvalue weighted by Gasteiger charge is -2.34. The molecule has 1 saturated carbocycles. The molecule has 72 valence electrons. The molecule has 0 bridgehead atoms. The van der Waals surface area contributed by atoms with E-state index in [1.54, 1.807) is 6.20 Å². The van der Waals surface area contributed by atoms with Crippen LogP contribution in [0.4, 0.5) is 0 Å². The van der Waals surface area contributed by atoms with Gasteiger partial charge in [-0.2, -0.15) is 5.10 Å². The molecule has 1 heterocycles. The van der Waals surface area contributed by atoms with Gasteiger partial charge in [-0.15, -0.1) is 0 Å². The first-order valence-corrected chi connectivity index (χ1v) is 4.67. The van der Waals surface area contributed by atoms with Crippen molar-refractivity contribution in [1.29, 1.82) is 0 Å². The third-order valence-corrected chi connectivity index (χ3v) is 2.88. The molecule has 4 nitrogen and oxygen atoms in total. The summed E-state index contributed by atoms with van der Waals surface area (Å²) >= 11 is 0. The Hall–Kier alpha value is -0.870. The fourth-order valence-corrected chi connectivity index (χ4v) is 1.92. The predicted molar refractivity (Wildman–Crippen MR) is 48.9 cm³/mol. The average Bonchev–Trinajstić information content (AvgIpc) is 2.63. The quantitative estimate of drug-likeness (QED) is 0.590. The molecule has 2 rings (SSSR count). The normalized spacial score (nSPS) is 34.8. The Labute approximate surface area is 77.1 Å². The zero-order chi connectivity index (χ0) is 9.31. The molecule has 0 aromatic carbocycles. The second-order valence-electron chi connectivity index (χ2n) is 3.86. The average molecular weight is 181 g/mol. The van der Waals surface area contributed by atoms with Crippen molar-refractivity contribution in [3.05, 3.63) is 18.0 Å². The number of hydrogen-bond acceptors (Lipinski definition) is 3. The van der Waals surface area contributed by atoms with Gasteiger partial charge in [-0.3, -0.25) is 5.10 Å². The van der Waals surface area contributed by atoms with E-state index in [9.17, 15) is 5.11 Å². The highest BCUT2D eigenvalue weighted by Crippen LogP contribution is 2.33. The lowest BCUT2D eigenvalue weighted by atomic mass is 9.79. The molecule has 0 atom stereocenters. The lowest BCUT2D eigenvalue weighted by molar-refractivity contribution is 0.0956. The largest absolute Gasteiger partial charge is 0.393 e. The Balaban J connectivity index is 2.13. The van der Waals surface area contributed by atoms with Gasteiger partial charge < -0.3 is 10.8 Å². The van der Waals surface area contributed by atoms with Crippen molar-refractivity contribution in [2.45, 2.75) is 37.3 Å². The number of nitrogens with one attached hydrogen (secondary N) is 1. The fraction of sp³-hybridized carbons (Fsp3) is 0.667. The molecule has 0 unspecified atom stereocenters. The number of aromatic amines is 1. The van der Waals surface area contributed by atoms with Crippen LogP contribution in [0, 0.1) is 0 Å². The number of hydrogen-bond donors (Lipinski definition) is 3. The van der Waals surface area contributed by atoms with Crippen LogP contribution >= 0.6 is 0 Å². The lowest BCUT2D eigenvalue weighted by Crippen LogP contribution is -2.41. The maximum atomic E-state index is 9.36. The van der Waals surface area contributed by atoms with Crippen molar-refractivity contribution in [1.82, 2.24) is 10.2 Å². The van der Waals surface area contributed by atoms with E-state index in [1.165, 1.54) is 0 Å². The fourth-order valence-electron chi connectivity index (χ4n) is 1.92. The van der Waals surface area contributed by atoms with Crippen LogP contribution in [0.1, 0.15) is 31.4 Å². The number of H-pyrrole nitrogens is 1. The minimum absolute atomic E-state index is 0.167. The summed E-state index contributed by atoms with van der Waals surface area (Å²) in [7, 11) is 0. The molecule has 4 heteroatoms. The standard InChI is InChI=1S/C9H15N3O/c10-9(8-3-6-11-12-8)4-1-7(13)2-5-9/h3,6-7,13H,1-2,4-5,10H2,(H,11,12).